The van der Waals surface area contributed by atoms with Gasteiger partial charge < -0.3 is 0 Å². The first-order valence-corrected chi connectivity index (χ1v) is 7.81. The third kappa shape index (κ3) is 3.61. The lowest BCUT2D eigenvalue weighted by atomic mass is 9.95. The summed E-state index contributed by atoms with van der Waals surface area (Å²) in [5.74, 6) is 0.566. The van der Waals surface area contributed by atoms with Crippen LogP contribution >= 0.6 is 11.6 Å². The Labute approximate surface area is 97.8 Å². The molecule has 15 heavy (non-hydrogen) atoms. The average molecular weight is 254 g/mol. The molecule has 1 aliphatic rings. The first-order valence-electron chi connectivity index (χ1n) is 5.67. The number of hydrogen-bond donors (Lipinski definition) is 0. The van der Waals surface area contributed by atoms with Crippen molar-refractivity contribution in [3.8, 4) is 0 Å². The van der Waals surface area contributed by atoms with Gasteiger partial charge in [0.25, 0.3) is 0 Å². The molecule has 0 unspecified atom stereocenters. The fraction of sp³-hybridized carbons (Fsp3) is 1.00. The van der Waals surface area contributed by atoms with Crippen LogP contribution in [0.4, 0.5) is 0 Å². The highest BCUT2D eigenvalue weighted by atomic mass is 35.5. The van der Waals surface area contributed by atoms with Crippen LogP contribution in [0.3, 0.4) is 0 Å². The summed E-state index contributed by atoms with van der Waals surface area (Å²) in [7, 11) is -3.07. The molecule has 5 heteroatoms. The quantitative estimate of drug-likeness (QED) is 0.705. The third-order valence-corrected chi connectivity index (χ3v) is 5.10. The zero-order chi connectivity index (χ0) is 11.3. The second kappa shape index (κ2) is 6.06. The summed E-state index contributed by atoms with van der Waals surface area (Å²) in [6.07, 6.45) is 5.51. The molecule has 0 aromatic heterocycles. The van der Waals surface area contributed by atoms with Crippen molar-refractivity contribution in [2.24, 2.45) is 0 Å². The SMILES string of the molecule is CCS(=O)(=O)N(CCCl)C1CCCCC1. The molecule has 0 aliphatic heterocycles. The maximum Gasteiger partial charge on any atom is 0.214 e. The Hall–Kier alpha value is 0.200. The van der Waals surface area contributed by atoms with Crippen molar-refractivity contribution in [1.29, 1.82) is 0 Å². The molecule has 0 aromatic rings. The number of rotatable bonds is 5. The lowest BCUT2D eigenvalue weighted by Gasteiger charge is -2.32. The van der Waals surface area contributed by atoms with E-state index in [1.807, 2.05) is 0 Å². The summed E-state index contributed by atoms with van der Waals surface area (Å²) >= 11 is 5.67. The van der Waals surface area contributed by atoms with Gasteiger partial charge in [0.05, 0.1) is 5.75 Å². The van der Waals surface area contributed by atoms with Gasteiger partial charge in [-0.25, -0.2) is 8.42 Å². The molecule has 0 amide bonds. The third-order valence-electron chi connectivity index (χ3n) is 3.01. The van der Waals surface area contributed by atoms with Crippen LogP contribution in [0.25, 0.3) is 0 Å². The first kappa shape index (κ1) is 13.3. The van der Waals surface area contributed by atoms with Gasteiger partial charge >= 0.3 is 0 Å². The summed E-state index contributed by atoms with van der Waals surface area (Å²) in [6, 6.07) is 0.197. The van der Waals surface area contributed by atoms with Gasteiger partial charge in [-0.1, -0.05) is 19.3 Å². The first-order chi connectivity index (χ1) is 7.11. The second-order valence-electron chi connectivity index (χ2n) is 3.99. The van der Waals surface area contributed by atoms with E-state index in [9.17, 15) is 8.42 Å². The summed E-state index contributed by atoms with van der Waals surface area (Å²) < 4.78 is 25.3. The summed E-state index contributed by atoms with van der Waals surface area (Å²) in [5, 5.41) is 0. The van der Waals surface area contributed by atoms with E-state index in [2.05, 4.69) is 0 Å². The minimum absolute atomic E-state index is 0.181. The molecule has 0 spiro atoms. The van der Waals surface area contributed by atoms with Crippen LogP contribution in [0.5, 0.6) is 0 Å². The van der Waals surface area contributed by atoms with Crippen LogP contribution < -0.4 is 0 Å². The smallest absolute Gasteiger partial charge is 0.212 e. The largest absolute Gasteiger partial charge is 0.214 e. The molecule has 1 aliphatic carbocycles. The Bertz CT molecular complexity index is 273. The van der Waals surface area contributed by atoms with Crippen molar-refractivity contribution in [3.05, 3.63) is 0 Å². The minimum Gasteiger partial charge on any atom is -0.212 e. The number of nitrogens with zero attached hydrogens (tertiary/aromatic N) is 1. The maximum atomic E-state index is 11.9. The van der Waals surface area contributed by atoms with E-state index in [1.165, 1.54) is 6.42 Å². The highest BCUT2D eigenvalue weighted by Gasteiger charge is 2.28. The van der Waals surface area contributed by atoms with Crippen LogP contribution in [0, 0.1) is 0 Å². The summed E-state index contributed by atoms with van der Waals surface area (Å²) in [6.45, 7) is 2.15. The maximum absolute atomic E-state index is 11.9. The van der Waals surface area contributed by atoms with Crippen LogP contribution in [0.1, 0.15) is 39.0 Å². The predicted octanol–water partition coefficient (Wildman–Crippen LogP) is 2.21. The molecule has 0 saturated heterocycles. The fourth-order valence-electron chi connectivity index (χ4n) is 2.17. The minimum atomic E-state index is -3.07. The molecule has 1 rings (SSSR count). The van der Waals surface area contributed by atoms with Crippen molar-refractivity contribution < 1.29 is 8.42 Å². The molecule has 0 heterocycles. The van der Waals surface area contributed by atoms with E-state index in [-0.39, 0.29) is 11.8 Å². The summed E-state index contributed by atoms with van der Waals surface area (Å²) in [5.41, 5.74) is 0. The Morgan fingerprint density at radius 3 is 2.33 bits per heavy atom. The van der Waals surface area contributed by atoms with E-state index in [1.54, 1.807) is 11.2 Å². The monoisotopic (exact) mass is 253 g/mol. The molecule has 1 saturated carbocycles. The van der Waals surface area contributed by atoms with E-state index < -0.39 is 10.0 Å². The predicted molar refractivity (Wildman–Crippen MR) is 63.8 cm³/mol. The Morgan fingerprint density at radius 2 is 1.87 bits per heavy atom. The molecule has 0 bridgehead atoms. The van der Waals surface area contributed by atoms with Crippen molar-refractivity contribution in [2.75, 3.05) is 18.2 Å². The molecule has 0 atom stereocenters. The Kier molecular flexibility index (Phi) is 5.36. The van der Waals surface area contributed by atoms with E-state index >= 15 is 0 Å². The van der Waals surface area contributed by atoms with Crippen molar-refractivity contribution in [1.82, 2.24) is 4.31 Å². The molecular weight excluding hydrogens is 234 g/mol. The van der Waals surface area contributed by atoms with Crippen LogP contribution in [-0.2, 0) is 10.0 Å². The van der Waals surface area contributed by atoms with Crippen LogP contribution in [-0.4, -0.2) is 36.9 Å². The number of halogens is 1. The van der Waals surface area contributed by atoms with Crippen molar-refractivity contribution in [2.45, 2.75) is 45.1 Å². The number of sulfonamides is 1. The zero-order valence-electron chi connectivity index (χ0n) is 9.28. The van der Waals surface area contributed by atoms with Gasteiger partial charge in [0.15, 0.2) is 0 Å². The molecular formula is C10H20ClNO2S. The van der Waals surface area contributed by atoms with E-state index in [0.717, 1.165) is 25.7 Å². The van der Waals surface area contributed by atoms with Crippen molar-refractivity contribution in [3.63, 3.8) is 0 Å². The standard InChI is InChI=1S/C10H20ClNO2S/c1-2-15(13,14)12(9-8-11)10-6-4-3-5-7-10/h10H,2-9H2,1H3. The van der Waals surface area contributed by atoms with Crippen molar-refractivity contribution >= 4 is 21.6 Å². The lowest BCUT2D eigenvalue weighted by molar-refractivity contribution is 0.262. The number of alkyl halides is 1. The van der Waals surface area contributed by atoms with Gasteiger partial charge in [0, 0.05) is 18.5 Å². The molecule has 90 valence electrons. The average Bonchev–Trinajstić information content (AvgIpc) is 2.27. The molecule has 1 fully saturated rings. The van der Waals surface area contributed by atoms with E-state index in [0.29, 0.717) is 12.4 Å². The Morgan fingerprint density at radius 1 is 1.27 bits per heavy atom. The van der Waals surface area contributed by atoms with Gasteiger partial charge in [-0.3, -0.25) is 0 Å². The highest BCUT2D eigenvalue weighted by molar-refractivity contribution is 7.89. The van der Waals surface area contributed by atoms with Gasteiger partial charge in [0.2, 0.25) is 10.0 Å². The summed E-state index contributed by atoms with van der Waals surface area (Å²) in [4.78, 5) is 0. The molecule has 0 aromatic carbocycles. The number of hydrogen-bond acceptors (Lipinski definition) is 2. The molecule has 3 nitrogen and oxygen atoms in total. The van der Waals surface area contributed by atoms with Gasteiger partial charge in [-0.15, -0.1) is 11.6 Å². The van der Waals surface area contributed by atoms with Gasteiger partial charge in [0.1, 0.15) is 0 Å². The Balaban J connectivity index is 2.72. The normalized spacial score (nSPS) is 19.7. The zero-order valence-corrected chi connectivity index (χ0v) is 10.9. The molecule has 0 N–H and O–H groups in total. The lowest BCUT2D eigenvalue weighted by Crippen LogP contribution is -2.43. The van der Waals surface area contributed by atoms with Crippen LogP contribution in [0.15, 0.2) is 0 Å². The fourth-order valence-corrected chi connectivity index (χ4v) is 3.82. The van der Waals surface area contributed by atoms with Crippen LogP contribution in [0.2, 0.25) is 0 Å². The van der Waals surface area contributed by atoms with Gasteiger partial charge in [-0.2, -0.15) is 4.31 Å². The molecule has 0 radical (unpaired) electrons. The van der Waals surface area contributed by atoms with E-state index in [4.69, 9.17) is 11.6 Å². The highest BCUT2D eigenvalue weighted by Crippen LogP contribution is 2.24. The second-order valence-corrected chi connectivity index (χ2v) is 6.58. The topological polar surface area (TPSA) is 37.4 Å². The van der Waals surface area contributed by atoms with Gasteiger partial charge in [-0.05, 0) is 19.8 Å².